The number of benzene rings is 3. The molecule has 2 atom stereocenters. The Balaban J connectivity index is 1.39. The number of nitrogens with one attached hydrogen (secondary N) is 1. The van der Waals surface area contributed by atoms with Gasteiger partial charge >= 0.3 is 0 Å². The van der Waals surface area contributed by atoms with Gasteiger partial charge in [0.05, 0.1) is 16.7 Å². The molecule has 1 aliphatic rings. The number of anilines is 1. The zero-order valence-electron chi connectivity index (χ0n) is 20.6. The molecule has 9 heteroatoms. The van der Waals surface area contributed by atoms with Crippen LogP contribution in [0.3, 0.4) is 0 Å². The van der Waals surface area contributed by atoms with Crippen LogP contribution in [-0.2, 0) is 0 Å². The number of nitro benzene ring substituents is 1. The molecule has 0 saturated carbocycles. The van der Waals surface area contributed by atoms with Crippen LogP contribution in [0, 0.1) is 10.1 Å². The van der Waals surface area contributed by atoms with Gasteiger partial charge in [-0.2, -0.15) is 0 Å². The van der Waals surface area contributed by atoms with E-state index in [9.17, 15) is 10.1 Å². The lowest BCUT2D eigenvalue weighted by Gasteiger charge is -2.29. The Morgan fingerprint density at radius 3 is 2.21 bits per heavy atom. The van der Waals surface area contributed by atoms with Crippen molar-refractivity contribution in [3.63, 3.8) is 0 Å². The first kappa shape index (κ1) is 24.3. The molecule has 0 unspecified atom stereocenters. The molecular weight excluding hydrogens is 510 g/mol. The van der Waals surface area contributed by atoms with E-state index in [1.807, 2.05) is 95.7 Å². The molecule has 2 aromatic heterocycles. The molecule has 0 amide bonds. The monoisotopic (exact) mass is 533 g/mol. The van der Waals surface area contributed by atoms with E-state index >= 15 is 0 Å². The molecule has 3 heterocycles. The topological polar surface area (TPSA) is 85.5 Å². The van der Waals surface area contributed by atoms with Crippen molar-refractivity contribution in [2.75, 3.05) is 4.90 Å². The predicted molar refractivity (Wildman–Crippen MR) is 153 cm³/mol. The minimum atomic E-state index is -0.399. The number of hydrogen-bond acceptors (Lipinski definition) is 5. The molecule has 8 nitrogen and oxygen atoms in total. The SMILES string of the molecule is O=[N+]([O-])c1ccc(-n2cccc2[C@@H]2[C@H](c3ccccn3)NC(=S)N2c2ccc(Oc3ccccc3)cc2)cc1. The van der Waals surface area contributed by atoms with E-state index in [1.165, 1.54) is 12.1 Å². The van der Waals surface area contributed by atoms with Gasteiger partial charge in [0.15, 0.2) is 5.11 Å². The number of ether oxygens (including phenoxy) is 1. The summed E-state index contributed by atoms with van der Waals surface area (Å²) >= 11 is 5.87. The summed E-state index contributed by atoms with van der Waals surface area (Å²) in [6, 6.07) is 33.3. The third-order valence-electron chi connectivity index (χ3n) is 6.61. The van der Waals surface area contributed by atoms with E-state index in [-0.39, 0.29) is 17.8 Å². The standard InChI is InChI=1S/C30H23N5O3S/c36-35(37)23-13-11-21(12-14-23)33-20-6-10-27(33)29-28(26-9-4-5-19-31-26)32-30(39)34(29)22-15-17-25(18-16-22)38-24-7-2-1-3-8-24/h1-20,28-29H,(H,32,39)/t28-,29+/m0/s1. The Bertz CT molecular complexity index is 1610. The summed E-state index contributed by atoms with van der Waals surface area (Å²) in [5.74, 6) is 1.48. The third kappa shape index (κ3) is 4.83. The lowest BCUT2D eigenvalue weighted by atomic mass is 10.0. The van der Waals surface area contributed by atoms with Crippen LogP contribution < -0.4 is 15.0 Å². The molecule has 1 N–H and O–H groups in total. The molecule has 192 valence electrons. The molecule has 0 bridgehead atoms. The highest BCUT2D eigenvalue weighted by Crippen LogP contribution is 2.42. The number of nitro groups is 1. The van der Waals surface area contributed by atoms with Crippen LogP contribution in [-0.4, -0.2) is 19.6 Å². The van der Waals surface area contributed by atoms with Crippen LogP contribution in [0.1, 0.15) is 23.5 Å². The zero-order valence-corrected chi connectivity index (χ0v) is 21.4. The molecule has 1 saturated heterocycles. The third-order valence-corrected chi connectivity index (χ3v) is 6.93. The van der Waals surface area contributed by atoms with Crippen molar-refractivity contribution >= 4 is 28.7 Å². The molecule has 0 aliphatic carbocycles. The van der Waals surface area contributed by atoms with Crippen LogP contribution in [0.25, 0.3) is 5.69 Å². The Morgan fingerprint density at radius 2 is 1.51 bits per heavy atom. The fourth-order valence-electron chi connectivity index (χ4n) is 4.84. The minimum absolute atomic E-state index is 0.0435. The van der Waals surface area contributed by atoms with Gasteiger partial charge in [-0.3, -0.25) is 15.1 Å². The first-order chi connectivity index (χ1) is 19.1. The maximum atomic E-state index is 11.2. The van der Waals surface area contributed by atoms with Gasteiger partial charge in [0, 0.05) is 41.6 Å². The van der Waals surface area contributed by atoms with E-state index in [2.05, 4.69) is 15.2 Å². The van der Waals surface area contributed by atoms with Crippen molar-refractivity contribution in [1.82, 2.24) is 14.9 Å². The average Bonchev–Trinajstić information content (AvgIpc) is 3.59. The van der Waals surface area contributed by atoms with E-state index < -0.39 is 4.92 Å². The van der Waals surface area contributed by atoms with E-state index in [0.29, 0.717) is 5.11 Å². The van der Waals surface area contributed by atoms with Crippen molar-refractivity contribution in [3.05, 3.63) is 143 Å². The van der Waals surface area contributed by atoms with Crippen molar-refractivity contribution in [2.45, 2.75) is 12.1 Å². The highest BCUT2D eigenvalue weighted by atomic mass is 32.1. The summed E-state index contributed by atoms with van der Waals surface area (Å²) in [7, 11) is 0. The second-order valence-electron chi connectivity index (χ2n) is 8.98. The summed E-state index contributed by atoms with van der Waals surface area (Å²) in [5.41, 5.74) is 3.56. The Morgan fingerprint density at radius 1 is 0.821 bits per heavy atom. The molecule has 1 aliphatic heterocycles. The number of hydrogen-bond donors (Lipinski definition) is 1. The lowest BCUT2D eigenvalue weighted by Crippen LogP contribution is -2.30. The first-order valence-electron chi connectivity index (χ1n) is 12.3. The molecule has 5 aromatic rings. The molecule has 0 radical (unpaired) electrons. The quantitative estimate of drug-likeness (QED) is 0.141. The van der Waals surface area contributed by atoms with Gasteiger partial charge in [-0.25, -0.2) is 0 Å². The number of para-hydroxylation sites is 1. The molecule has 1 fully saturated rings. The fraction of sp³-hybridized carbons (Fsp3) is 0.0667. The predicted octanol–water partition coefficient (Wildman–Crippen LogP) is 6.75. The van der Waals surface area contributed by atoms with Gasteiger partial charge in [-0.05, 0) is 85.0 Å². The van der Waals surface area contributed by atoms with Gasteiger partial charge in [0.1, 0.15) is 17.5 Å². The minimum Gasteiger partial charge on any atom is -0.457 e. The largest absolute Gasteiger partial charge is 0.457 e. The van der Waals surface area contributed by atoms with Gasteiger partial charge < -0.3 is 19.5 Å². The second kappa shape index (κ2) is 10.4. The molecule has 3 aromatic carbocycles. The number of thiocarbonyl (C=S) groups is 1. The van der Waals surface area contributed by atoms with Gasteiger partial charge in [0.2, 0.25) is 0 Å². The smallest absolute Gasteiger partial charge is 0.269 e. The van der Waals surface area contributed by atoms with Gasteiger partial charge in [-0.1, -0.05) is 24.3 Å². The molecule has 6 rings (SSSR count). The Kier molecular flexibility index (Phi) is 6.48. The first-order valence-corrected chi connectivity index (χ1v) is 12.7. The molecule has 0 spiro atoms. The normalized spacial score (nSPS) is 16.6. The van der Waals surface area contributed by atoms with E-state index in [1.54, 1.807) is 18.3 Å². The van der Waals surface area contributed by atoms with Crippen LogP contribution in [0.2, 0.25) is 0 Å². The lowest BCUT2D eigenvalue weighted by molar-refractivity contribution is -0.384. The Labute approximate surface area is 230 Å². The molecular formula is C30H23N5O3S. The number of pyridine rings is 1. The molecule has 39 heavy (non-hydrogen) atoms. The van der Waals surface area contributed by atoms with Crippen LogP contribution in [0.5, 0.6) is 11.5 Å². The van der Waals surface area contributed by atoms with Crippen LogP contribution in [0.15, 0.2) is 122 Å². The van der Waals surface area contributed by atoms with Crippen LogP contribution in [0.4, 0.5) is 11.4 Å². The highest BCUT2D eigenvalue weighted by molar-refractivity contribution is 7.80. The van der Waals surface area contributed by atoms with Crippen LogP contribution >= 0.6 is 12.2 Å². The Hall–Kier alpha value is -5.02. The summed E-state index contributed by atoms with van der Waals surface area (Å²) < 4.78 is 8.01. The van der Waals surface area contributed by atoms with Crippen molar-refractivity contribution in [1.29, 1.82) is 0 Å². The van der Waals surface area contributed by atoms with E-state index in [0.717, 1.165) is 34.3 Å². The summed E-state index contributed by atoms with van der Waals surface area (Å²) in [6.45, 7) is 0. The summed E-state index contributed by atoms with van der Waals surface area (Å²) in [6.07, 6.45) is 3.72. The number of nitrogens with zero attached hydrogens (tertiary/aromatic N) is 4. The number of non-ortho nitro benzene ring substituents is 1. The van der Waals surface area contributed by atoms with Gasteiger partial charge in [-0.15, -0.1) is 0 Å². The second-order valence-corrected chi connectivity index (χ2v) is 9.37. The fourth-order valence-corrected chi connectivity index (χ4v) is 5.18. The van der Waals surface area contributed by atoms with Crippen molar-refractivity contribution < 1.29 is 9.66 Å². The maximum absolute atomic E-state index is 11.2. The zero-order chi connectivity index (χ0) is 26.8. The summed E-state index contributed by atoms with van der Waals surface area (Å²) in [5, 5.41) is 15.2. The van der Waals surface area contributed by atoms with Gasteiger partial charge in [0.25, 0.3) is 5.69 Å². The number of rotatable bonds is 7. The highest BCUT2D eigenvalue weighted by Gasteiger charge is 2.42. The van der Waals surface area contributed by atoms with E-state index in [4.69, 9.17) is 17.0 Å². The van der Waals surface area contributed by atoms with Crippen molar-refractivity contribution in [3.8, 4) is 17.2 Å². The van der Waals surface area contributed by atoms with Crippen molar-refractivity contribution in [2.24, 2.45) is 0 Å². The summed E-state index contributed by atoms with van der Waals surface area (Å²) in [4.78, 5) is 17.5. The maximum Gasteiger partial charge on any atom is 0.269 e. The number of aromatic nitrogens is 2. The average molecular weight is 534 g/mol.